The number of nitrogens with one attached hydrogen (secondary N) is 1. The predicted molar refractivity (Wildman–Crippen MR) is 80.3 cm³/mol. The molecule has 1 atom stereocenters. The number of amides is 2. The Bertz CT molecular complexity index is 498. The SMILES string of the molecule is C=CCNC(=O)N1CCCC(Oc2nc(C)cc(C)n2)C1. The molecule has 1 N–H and O–H groups in total. The summed E-state index contributed by atoms with van der Waals surface area (Å²) in [5.41, 5.74) is 1.77. The highest BCUT2D eigenvalue weighted by molar-refractivity contribution is 5.74. The van der Waals surface area contributed by atoms with Crippen molar-refractivity contribution in [1.82, 2.24) is 20.2 Å². The van der Waals surface area contributed by atoms with Gasteiger partial charge in [-0.15, -0.1) is 6.58 Å². The lowest BCUT2D eigenvalue weighted by molar-refractivity contribution is 0.0940. The van der Waals surface area contributed by atoms with Crippen LogP contribution in [-0.2, 0) is 0 Å². The first-order chi connectivity index (χ1) is 10.1. The average molecular weight is 290 g/mol. The van der Waals surface area contributed by atoms with Crippen LogP contribution in [0, 0.1) is 13.8 Å². The first-order valence-corrected chi connectivity index (χ1v) is 7.21. The van der Waals surface area contributed by atoms with Crippen LogP contribution in [0.5, 0.6) is 6.01 Å². The van der Waals surface area contributed by atoms with Gasteiger partial charge in [-0.05, 0) is 32.8 Å². The summed E-state index contributed by atoms with van der Waals surface area (Å²) in [4.78, 5) is 22.3. The summed E-state index contributed by atoms with van der Waals surface area (Å²) in [6, 6.07) is 2.22. The Hall–Kier alpha value is -2.11. The summed E-state index contributed by atoms with van der Waals surface area (Å²) in [6.07, 6.45) is 3.42. The van der Waals surface area contributed by atoms with E-state index in [0.29, 0.717) is 19.1 Å². The number of urea groups is 1. The van der Waals surface area contributed by atoms with Crippen LogP contribution in [0.4, 0.5) is 4.79 Å². The smallest absolute Gasteiger partial charge is 0.317 e. The number of hydrogen-bond acceptors (Lipinski definition) is 4. The molecule has 0 radical (unpaired) electrons. The molecule has 1 aromatic heterocycles. The Morgan fingerprint density at radius 2 is 2.24 bits per heavy atom. The quantitative estimate of drug-likeness (QED) is 0.859. The number of aromatic nitrogens is 2. The largest absolute Gasteiger partial charge is 0.458 e. The highest BCUT2D eigenvalue weighted by atomic mass is 16.5. The van der Waals surface area contributed by atoms with Gasteiger partial charge in [0.1, 0.15) is 6.10 Å². The van der Waals surface area contributed by atoms with E-state index < -0.39 is 0 Å². The summed E-state index contributed by atoms with van der Waals surface area (Å²) in [5, 5.41) is 2.79. The number of nitrogens with zero attached hydrogens (tertiary/aromatic N) is 3. The summed E-state index contributed by atoms with van der Waals surface area (Å²) < 4.78 is 5.84. The molecule has 1 aromatic rings. The van der Waals surface area contributed by atoms with Crippen molar-refractivity contribution < 1.29 is 9.53 Å². The van der Waals surface area contributed by atoms with Crippen LogP contribution in [-0.4, -0.2) is 46.6 Å². The maximum absolute atomic E-state index is 11.9. The molecule has 114 valence electrons. The van der Waals surface area contributed by atoms with Crippen molar-refractivity contribution in [2.75, 3.05) is 19.6 Å². The van der Waals surface area contributed by atoms with Gasteiger partial charge >= 0.3 is 12.0 Å². The normalized spacial score (nSPS) is 18.2. The van der Waals surface area contributed by atoms with Crippen molar-refractivity contribution >= 4 is 6.03 Å². The van der Waals surface area contributed by atoms with Crippen LogP contribution in [0.15, 0.2) is 18.7 Å². The fourth-order valence-electron chi connectivity index (χ4n) is 2.39. The number of carbonyl (C=O) groups is 1. The van der Waals surface area contributed by atoms with Crippen molar-refractivity contribution in [3.63, 3.8) is 0 Å². The highest BCUT2D eigenvalue weighted by Crippen LogP contribution is 2.16. The van der Waals surface area contributed by atoms with Gasteiger partial charge in [0.05, 0.1) is 6.54 Å². The second-order valence-corrected chi connectivity index (χ2v) is 5.24. The zero-order chi connectivity index (χ0) is 15.2. The van der Waals surface area contributed by atoms with Crippen LogP contribution in [0.2, 0.25) is 0 Å². The summed E-state index contributed by atoms with van der Waals surface area (Å²) in [6.45, 7) is 9.19. The molecular weight excluding hydrogens is 268 g/mol. The van der Waals surface area contributed by atoms with Gasteiger partial charge in [-0.1, -0.05) is 6.08 Å². The second-order valence-electron chi connectivity index (χ2n) is 5.24. The van der Waals surface area contributed by atoms with E-state index >= 15 is 0 Å². The Morgan fingerprint density at radius 1 is 1.52 bits per heavy atom. The summed E-state index contributed by atoms with van der Waals surface area (Å²) >= 11 is 0. The third-order valence-corrected chi connectivity index (χ3v) is 3.30. The molecule has 2 rings (SSSR count). The van der Waals surface area contributed by atoms with E-state index in [4.69, 9.17) is 4.74 Å². The van der Waals surface area contributed by atoms with Gasteiger partial charge in [0, 0.05) is 24.5 Å². The molecule has 21 heavy (non-hydrogen) atoms. The molecule has 0 aliphatic carbocycles. The van der Waals surface area contributed by atoms with Gasteiger partial charge in [0.15, 0.2) is 0 Å². The molecule has 6 nitrogen and oxygen atoms in total. The van der Waals surface area contributed by atoms with Crippen molar-refractivity contribution in [2.45, 2.75) is 32.8 Å². The fraction of sp³-hybridized carbons (Fsp3) is 0.533. The lowest BCUT2D eigenvalue weighted by Crippen LogP contribution is -2.48. The van der Waals surface area contributed by atoms with Gasteiger partial charge < -0.3 is 15.0 Å². The van der Waals surface area contributed by atoms with Gasteiger partial charge in [0.2, 0.25) is 0 Å². The van der Waals surface area contributed by atoms with Crippen LogP contribution < -0.4 is 10.1 Å². The lowest BCUT2D eigenvalue weighted by atomic mass is 10.1. The van der Waals surface area contributed by atoms with E-state index in [1.807, 2.05) is 19.9 Å². The zero-order valence-electron chi connectivity index (χ0n) is 12.6. The molecular formula is C15H22N4O2. The van der Waals surface area contributed by atoms with Crippen molar-refractivity contribution in [3.8, 4) is 6.01 Å². The first-order valence-electron chi connectivity index (χ1n) is 7.21. The number of carbonyl (C=O) groups excluding carboxylic acids is 1. The Kier molecular flexibility index (Phi) is 5.14. The maximum atomic E-state index is 11.9. The Morgan fingerprint density at radius 3 is 2.90 bits per heavy atom. The second kappa shape index (κ2) is 7.06. The summed E-state index contributed by atoms with van der Waals surface area (Å²) in [5.74, 6) is 0. The lowest BCUT2D eigenvalue weighted by Gasteiger charge is -2.32. The Labute approximate surface area is 125 Å². The maximum Gasteiger partial charge on any atom is 0.317 e. The van der Waals surface area contributed by atoms with Crippen LogP contribution in [0.3, 0.4) is 0 Å². The number of ether oxygens (including phenoxy) is 1. The number of aryl methyl sites for hydroxylation is 2. The third-order valence-electron chi connectivity index (χ3n) is 3.30. The van der Waals surface area contributed by atoms with Crippen LogP contribution in [0.1, 0.15) is 24.2 Å². The molecule has 0 saturated carbocycles. The molecule has 1 unspecified atom stereocenters. The minimum absolute atomic E-state index is 0.0607. The number of piperidine rings is 1. The van der Waals surface area contributed by atoms with E-state index in [2.05, 4.69) is 21.9 Å². The fourth-order valence-corrected chi connectivity index (χ4v) is 2.39. The highest BCUT2D eigenvalue weighted by Gasteiger charge is 2.25. The molecule has 1 aliphatic heterocycles. The molecule has 6 heteroatoms. The van der Waals surface area contributed by atoms with Crippen LogP contribution >= 0.6 is 0 Å². The standard InChI is InChI=1S/C15H22N4O2/c1-4-7-16-15(20)19-8-5-6-13(10-19)21-14-17-11(2)9-12(3)18-14/h4,9,13H,1,5-8,10H2,2-3H3,(H,16,20). The minimum Gasteiger partial charge on any atom is -0.458 e. The van der Waals surface area contributed by atoms with Crippen molar-refractivity contribution in [3.05, 3.63) is 30.1 Å². The van der Waals surface area contributed by atoms with E-state index in [1.54, 1.807) is 11.0 Å². The predicted octanol–water partition coefficient (Wildman–Crippen LogP) is 1.83. The molecule has 2 heterocycles. The molecule has 1 saturated heterocycles. The summed E-state index contributed by atoms with van der Waals surface area (Å²) in [7, 11) is 0. The van der Waals surface area contributed by atoms with Gasteiger partial charge in [0.25, 0.3) is 0 Å². The zero-order valence-corrected chi connectivity index (χ0v) is 12.6. The van der Waals surface area contributed by atoms with Gasteiger partial charge in [-0.2, -0.15) is 0 Å². The third kappa shape index (κ3) is 4.44. The minimum atomic E-state index is -0.0791. The number of rotatable bonds is 4. The Balaban J connectivity index is 1.94. The molecule has 0 spiro atoms. The molecule has 2 amide bonds. The monoisotopic (exact) mass is 290 g/mol. The van der Waals surface area contributed by atoms with E-state index in [9.17, 15) is 4.79 Å². The van der Waals surface area contributed by atoms with E-state index in [-0.39, 0.29) is 12.1 Å². The molecule has 0 bridgehead atoms. The van der Waals surface area contributed by atoms with Crippen molar-refractivity contribution in [2.24, 2.45) is 0 Å². The molecule has 1 aliphatic rings. The number of hydrogen-bond donors (Lipinski definition) is 1. The van der Waals surface area contributed by atoms with E-state index in [1.165, 1.54) is 0 Å². The van der Waals surface area contributed by atoms with Gasteiger partial charge in [-0.25, -0.2) is 14.8 Å². The van der Waals surface area contributed by atoms with Gasteiger partial charge in [-0.3, -0.25) is 0 Å². The van der Waals surface area contributed by atoms with E-state index in [0.717, 1.165) is 30.8 Å². The first kappa shape index (κ1) is 15.3. The topological polar surface area (TPSA) is 67.4 Å². The molecule has 0 aromatic carbocycles. The number of likely N-dealkylation sites (tertiary alicyclic amines) is 1. The average Bonchev–Trinajstić information content (AvgIpc) is 2.44. The molecule has 1 fully saturated rings. The van der Waals surface area contributed by atoms with Crippen molar-refractivity contribution in [1.29, 1.82) is 0 Å². The van der Waals surface area contributed by atoms with Crippen LogP contribution in [0.25, 0.3) is 0 Å².